The zero-order valence-electron chi connectivity index (χ0n) is 19.4. The molecule has 34 heavy (non-hydrogen) atoms. The van der Waals surface area contributed by atoms with Crippen molar-refractivity contribution in [3.8, 4) is 0 Å². The van der Waals surface area contributed by atoms with E-state index in [4.69, 9.17) is 0 Å². The van der Waals surface area contributed by atoms with Gasteiger partial charge in [-0.3, -0.25) is 14.6 Å². The van der Waals surface area contributed by atoms with E-state index in [1.54, 1.807) is 12.4 Å². The lowest BCUT2D eigenvalue weighted by Gasteiger charge is -2.23. The first-order valence-corrected chi connectivity index (χ1v) is 11.6. The van der Waals surface area contributed by atoms with Crippen LogP contribution >= 0.6 is 0 Å². The fraction of sp³-hybridized carbons (Fsp3) is 0.207. The molecule has 0 bridgehead atoms. The molecule has 0 saturated carbocycles. The zero-order chi connectivity index (χ0) is 23.8. The van der Waals surface area contributed by atoms with E-state index in [2.05, 4.69) is 41.5 Å². The van der Waals surface area contributed by atoms with Crippen LogP contribution in [0.25, 0.3) is 10.8 Å². The number of aromatic nitrogens is 1. The molecule has 5 heteroatoms. The maximum absolute atomic E-state index is 13.1. The lowest BCUT2D eigenvalue weighted by Crippen LogP contribution is -2.34. The van der Waals surface area contributed by atoms with Crippen LogP contribution in [0.5, 0.6) is 0 Å². The highest BCUT2D eigenvalue weighted by Gasteiger charge is 2.16. The van der Waals surface area contributed by atoms with E-state index in [1.165, 1.54) is 5.56 Å². The topological polar surface area (TPSA) is 62.3 Å². The Labute approximate surface area is 200 Å². The summed E-state index contributed by atoms with van der Waals surface area (Å²) in [5.74, 6) is -0.185. The van der Waals surface area contributed by atoms with Gasteiger partial charge in [-0.1, -0.05) is 67.6 Å². The van der Waals surface area contributed by atoms with Gasteiger partial charge in [-0.15, -0.1) is 0 Å². The minimum Gasteiger partial charge on any atom is -0.352 e. The van der Waals surface area contributed by atoms with Crippen molar-refractivity contribution >= 4 is 22.6 Å². The van der Waals surface area contributed by atoms with Gasteiger partial charge in [-0.2, -0.15) is 0 Å². The molecular formula is C29H29N3O2. The summed E-state index contributed by atoms with van der Waals surface area (Å²) in [7, 11) is 0. The molecule has 0 radical (unpaired) electrons. The molecule has 0 atom stereocenters. The molecule has 2 amide bonds. The average Bonchev–Trinajstić information content (AvgIpc) is 2.89. The van der Waals surface area contributed by atoms with Crippen molar-refractivity contribution in [2.75, 3.05) is 6.54 Å². The third kappa shape index (κ3) is 6.07. The number of aryl methyl sites for hydroxylation is 1. The predicted molar refractivity (Wildman–Crippen MR) is 135 cm³/mol. The molecule has 1 N–H and O–H groups in total. The largest absolute Gasteiger partial charge is 0.352 e. The van der Waals surface area contributed by atoms with Crippen molar-refractivity contribution in [2.45, 2.75) is 32.9 Å². The van der Waals surface area contributed by atoms with Crippen LogP contribution in [-0.2, 0) is 24.3 Å². The fourth-order valence-corrected chi connectivity index (χ4v) is 3.92. The molecule has 172 valence electrons. The number of rotatable bonds is 9. The van der Waals surface area contributed by atoms with E-state index in [9.17, 15) is 9.59 Å². The van der Waals surface area contributed by atoms with Crippen LogP contribution in [0.4, 0.5) is 0 Å². The van der Waals surface area contributed by atoms with Crippen LogP contribution in [0.1, 0.15) is 40.4 Å². The molecule has 5 nitrogen and oxygen atoms in total. The molecule has 0 unspecified atom stereocenters. The molecule has 0 fully saturated rings. The number of carbonyl (C=O) groups is 2. The normalized spacial score (nSPS) is 10.7. The molecule has 0 spiro atoms. The Morgan fingerprint density at radius 2 is 1.56 bits per heavy atom. The SMILES string of the molecule is CCc1ccc(CN(Cc2cccnc2)C(=O)CCNC(=O)c2ccc3ccccc3c2)cc1. The van der Waals surface area contributed by atoms with Crippen molar-refractivity contribution < 1.29 is 9.59 Å². The maximum Gasteiger partial charge on any atom is 0.251 e. The Kier molecular flexibility index (Phi) is 7.66. The zero-order valence-corrected chi connectivity index (χ0v) is 19.4. The van der Waals surface area contributed by atoms with Gasteiger partial charge < -0.3 is 10.2 Å². The number of nitrogens with one attached hydrogen (secondary N) is 1. The summed E-state index contributed by atoms with van der Waals surface area (Å²) >= 11 is 0. The Hall–Kier alpha value is -3.99. The number of benzene rings is 3. The van der Waals surface area contributed by atoms with E-state index in [1.807, 2.05) is 59.5 Å². The van der Waals surface area contributed by atoms with Crippen molar-refractivity contribution in [1.29, 1.82) is 0 Å². The van der Waals surface area contributed by atoms with Gasteiger partial charge in [0.25, 0.3) is 5.91 Å². The predicted octanol–water partition coefficient (Wildman–Crippen LogP) is 5.15. The van der Waals surface area contributed by atoms with E-state index in [0.29, 0.717) is 18.7 Å². The summed E-state index contributed by atoms with van der Waals surface area (Å²) in [4.78, 5) is 31.8. The monoisotopic (exact) mass is 451 g/mol. The van der Waals surface area contributed by atoms with Crippen LogP contribution in [0, 0.1) is 0 Å². The molecule has 0 aliphatic heterocycles. The second-order valence-corrected chi connectivity index (χ2v) is 8.35. The van der Waals surface area contributed by atoms with Crippen molar-refractivity contribution in [1.82, 2.24) is 15.2 Å². The number of amides is 2. The minimum atomic E-state index is -0.174. The highest BCUT2D eigenvalue weighted by atomic mass is 16.2. The van der Waals surface area contributed by atoms with Gasteiger partial charge in [0.05, 0.1) is 0 Å². The van der Waals surface area contributed by atoms with Crippen LogP contribution in [-0.4, -0.2) is 28.2 Å². The summed E-state index contributed by atoms with van der Waals surface area (Å²) in [5, 5.41) is 5.00. The molecule has 1 heterocycles. The Morgan fingerprint density at radius 1 is 0.824 bits per heavy atom. The third-order valence-corrected chi connectivity index (χ3v) is 5.89. The van der Waals surface area contributed by atoms with Crippen molar-refractivity contribution in [3.63, 3.8) is 0 Å². The van der Waals surface area contributed by atoms with Gasteiger partial charge in [0.1, 0.15) is 0 Å². The number of fused-ring (bicyclic) bond motifs is 1. The molecule has 1 aromatic heterocycles. The number of hydrogen-bond acceptors (Lipinski definition) is 3. The van der Waals surface area contributed by atoms with Crippen molar-refractivity contribution in [2.24, 2.45) is 0 Å². The second kappa shape index (κ2) is 11.2. The summed E-state index contributed by atoms with van der Waals surface area (Å²) < 4.78 is 0. The van der Waals surface area contributed by atoms with Gasteiger partial charge in [-0.05, 0) is 52.1 Å². The van der Waals surface area contributed by atoms with Crippen LogP contribution in [0.2, 0.25) is 0 Å². The average molecular weight is 452 g/mol. The van der Waals surface area contributed by atoms with E-state index >= 15 is 0 Å². The molecule has 0 aliphatic rings. The quantitative estimate of drug-likeness (QED) is 0.383. The summed E-state index contributed by atoms with van der Waals surface area (Å²) in [5.41, 5.74) is 3.91. The molecule has 3 aromatic carbocycles. The van der Waals surface area contributed by atoms with Gasteiger partial charge in [-0.25, -0.2) is 0 Å². The van der Waals surface area contributed by atoms with Crippen LogP contribution in [0.15, 0.2) is 91.3 Å². The van der Waals surface area contributed by atoms with Crippen LogP contribution in [0.3, 0.4) is 0 Å². The summed E-state index contributed by atoms with van der Waals surface area (Å²) in [6.07, 6.45) is 4.71. The van der Waals surface area contributed by atoms with E-state index < -0.39 is 0 Å². The third-order valence-electron chi connectivity index (χ3n) is 5.89. The Bertz CT molecular complexity index is 1250. The Morgan fingerprint density at radius 3 is 2.29 bits per heavy atom. The van der Waals surface area contributed by atoms with Crippen molar-refractivity contribution in [3.05, 3.63) is 114 Å². The Balaban J connectivity index is 1.39. The lowest BCUT2D eigenvalue weighted by atomic mass is 10.1. The smallest absolute Gasteiger partial charge is 0.251 e. The van der Waals surface area contributed by atoms with Gasteiger partial charge in [0.2, 0.25) is 5.91 Å². The van der Waals surface area contributed by atoms with Crippen LogP contribution < -0.4 is 5.32 Å². The van der Waals surface area contributed by atoms with Gasteiger partial charge in [0, 0.05) is 44.0 Å². The molecule has 0 aliphatic carbocycles. The lowest BCUT2D eigenvalue weighted by molar-refractivity contribution is -0.132. The number of nitrogens with zero attached hydrogens (tertiary/aromatic N) is 2. The first kappa shape index (κ1) is 23.2. The first-order valence-electron chi connectivity index (χ1n) is 11.6. The minimum absolute atomic E-state index is 0.0118. The van der Waals surface area contributed by atoms with Gasteiger partial charge in [0.15, 0.2) is 0 Å². The maximum atomic E-state index is 13.1. The molecule has 0 saturated heterocycles. The first-order chi connectivity index (χ1) is 16.6. The highest BCUT2D eigenvalue weighted by Crippen LogP contribution is 2.16. The summed E-state index contributed by atoms with van der Waals surface area (Å²) in [6, 6.07) is 25.8. The molecule has 4 rings (SSSR count). The molecule has 4 aromatic rings. The van der Waals surface area contributed by atoms with Gasteiger partial charge >= 0.3 is 0 Å². The summed E-state index contributed by atoms with van der Waals surface area (Å²) in [6.45, 7) is 3.39. The van der Waals surface area contributed by atoms with E-state index in [-0.39, 0.29) is 24.8 Å². The molecular weight excluding hydrogens is 422 g/mol. The standard InChI is InChI=1S/C29H29N3O2/c1-2-22-9-11-23(12-10-22)20-32(21-24-6-5-16-30-19-24)28(33)15-17-31-29(34)27-14-13-25-7-3-4-8-26(25)18-27/h3-14,16,18-19H,2,15,17,20-21H2,1H3,(H,31,34). The fourth-order valence-electron chi connectivity index (χ4n) is 3.92. The number of pyridine rings is 1. The van der Waals surface area contributed by atoms with E-state index in [0.717, 1.165) is 28.3 Å². The second-order valence-electron chi connectivity index (χ2n) is 8.35. The highest BCUT2D eigenvalue weighted by molar-refractivity contribution is 5.98. The number of carbonyl (C=O) groups excluding carboxylic acids is 2. The number of hydrogen-bond donors (Lipinski definition) is 1.